The maximum atomic E-state index is 12.4. The van der Waals surface area contributed by atoms with E-state index in [2.05, 4.69) is 10.1 Å². The third-order valence-corrected chi connectivity index (χ3v) is 5.11. The molecule has 0 saturated carbocycles. The number of carboxylic acids is 1. The Labute approximate surface area is 151 Å². The number of thiophene rings is 1. The first-order valence-corrected chi connectivity index (χ1v) is 8.50. The Kier molecular flexibility index (Phi) is 5.19. The molecular weight excluding hydrogens is 368 g/mol. The van der Waals surface area contributed by atoms with E-state index in [1.165, 1.54) is 23.5 Å². The summed E-state index contributed by atoms with van der Waals surface area (Å²) in [5.41, 5.74) is -0.678. The topological polar surface area (TPSA) is 84.9 Å². The monoisotopic (exact) mass is 383 g/mol. The number of ether oxygens (including phenoxy) is 2. The van der Waals surface area contributed by atoms with Gasteiger partial charge in [-0.05, 0) is 42.0 Å². The number of aliphatic carboxylic acids is 1. The van der Waals surface area contributed by atoms with E-state index in [0.29, 0.717) is 4.88 Å². The molecule has 1 aromatic heterocycles. The van der Waals surface area contributed by atoms with Crippen molar-refractivity contribution < 1.29 is 33.0 Å². The zero-order valence-corrected chi connectivity index (χ0v) is 14.2. The van der Waals surface area contributed by atoms with E-state index in [4.69, 9.17) is 4.74 Å². The van der Waals surface area contributed by atoms with Gasteiger partial charge in [-0.15, -0.1) is 11.3 Å². The van der Waals surface area contributed by atoms with E-state index in [0.717, 1.165) is 10.4 Å². The summed E-state index contributed by atoms with van der Waals surface area (Å²) >= 11 is 1.17. The van der Waals surface area contributed by atoms with Gasteiger partial charge in [-0.3, -0.25) is 4.79 Å². The molecule has 0 radical (unpaired) electrons. The van der Waals surface area contributed by atoms with Crippen molar-refractivity contribution in [3.8, 4) is 16.2 Å². The molecule has 0 bridgehead atoms. The lowest BCUT2D eigenvalue weighted by Crippen LogP contribution is -2.55. The summed E-state index contributed by atoms with van der Waals surface area (Å²) in [6.07, 6.45) is 0.206. The third kappa shape index (κ3) is 3.83. The maximum Gasteiger partial charge on any atom is 0.387 e. The van der Waals surface area contributed by atoms with Gasteiger partial charge in [0, 0.05) is 17.9 Å². The lowest BCUT2D eigenvalue weighted by atomic mass is 9.99. The predicted octanol–water partition coefficient (Wildman–Crippen LogP) is 2.99. The van der Waals surface area contributed by atoms with E-state index < -0.39 is 24.0 Å². The summed E-state index contributed by atoms with van der Waals surface area (Å²) in [6, 6.07) is 9.33. The fraction of sp³-hybridized carbons (Fsp3) is 0.294. The fourth-order valence-corrected chi connectivity index (χ4v) is 3.49. The Morgan fingerprint density at radius 2 is 1.96 bits per heavy atom. The molecule has 1 amide bonds. The SMILES string of the molecule is O=C(NC1(C(=O)O)CCOC1)c1ccc(-c2ccc(OC(F)F)cc2)s1. The largest absolute Gasteiger partial charge is 0.479 e. The van der Waals surface area contributed by atoms with Crippen LogP contribution in [0.25, 0.3) is 10.4 Å². The molecule has 1 unspecified atom stereocenters. The number of benzene rings is 1. The van der Waals surface area contributed by atoms with E-state index in [1.54, 1.807) is 24.3 Å². The molecule has 1 aliphatic heterocycles. The minimum absolute atomic E-state index is 0.0444. The zero-order valence-electron chi connectivity index (χ0n) is 13.4. The highest BCUT2D eigenvalue weighted by Gasteiger charge is 2.44. The number of rotatable bonds is 6. The van der Waals surface area contributed by atoms with Gasteiger partial charge in [0.15, 0.2) is 5.54 Å². The molecule has 1 fully saturated rings. The predicted molar refractivity (Wildman–Crippen MR) is 89.7 cm³/mol. The van der Waals surface area contributed by atoms with Crippen LogP contribution in [0.15, 0.2) is 36.4 Å². The Balaban J connectivity index is 1.73. The quantitative estimate of drug-likeness (QED) is 0.801. The van der Waals surface area contributed by atoms with Crippen molar-refractivity contribution in [2.24, 2.45) is 0 Å². The average Bonchev–Trinajstić information content (AvgIpc) is 3.25. The molecule has 0 spiro atoms. The van der Waals surface area contributed by atoms with Crippen LogP contribution in [0.4, 0.5) is 8.78 Å². The van der Waals surface area contributed by atoms with Crippen LogP contribution in [0.3, 0.4) is 0 Å². The van der Waals surface area contributed by atoms with Crippen molar-refractivity contribution in [2.45, 2.75) is 18.6 Å². The fourth-order valence-electron chi connectivity index (χ4n) is 2.58. The van der Waals surface area contributed by atoms with Crippen LogP contribution in [0.2, 0.25) is 0 Å². The first-order chi connectivity index (χ1) is 12.4. The maximum absolute atomic E-state index is 12.4. The first-order valence-electron chi connectivity index (χ1n) is 7.68. The highest BCUT2D eigenvalue weighted by Crippen LogP contribution is 2.30. The molecule has 3 rings (SSSR count). The van der Waals surface area contributed by atoms with Crippen molar-refractivity contribution in [2.75, 3.05) is 13.2 Å². The van der Waals surface area contributed by atoms with Crippen LogP contribution in [0.5, 0.6) is 5.75 Å². The molecule has 1 atom stereocenters. The third-order valence-electron chi connectivity index (χ3n) is 3.98. The second-order valence-electron chi connectivity index (χ2n) is 5.71. The van der Waals surface area contributed by atoms with Gasteiger partial charge in [0.1, 0.15) is 5.75 Å². The Morgan fingerprint density at radius 3 is 2.54 bits per heavy atom. The van der Waals surface area contributed by atoms with Gasteiger partial charge in [0.25, 0.3) is 5.91 Å². The van der Waals surface area contributed by atoms with Crippen molar-refractivity contribution >= 4 is 23.2 Å². The number of hydrogen-bond acceptors (Lipinski definition) is 5. The molecule has 138 valence electrons. The standard InChI is InChI=1S/C17H15F2NO5S/c18-16(19)25-11-3-1-10(2-4-11)12-5-6-13(26-12)14(21)20-17(15(22)23)7-8-24-9-17/h1-6,16H,7-9H2,(H,20,21)(H,22,23). The van der Waals surface area contributed by atoms with Crippen molar-refractivity contribution in [3.63, 3.8) is 0 Å². The van der Waals surface area contributed by atoms with Crippen LogP contribution < -0.4 is 10.1 Å². The summed E-state index contributed by atoms with van der Waals surface area (Å²) < 4.78 is 33.8. The number of carbonyl (C=O) groups is 2. The van der Waals surface area contributed by atoms with Crippen molar-refractivity contribution in [1.82, 2.24) is 5.32 Å². The first kappa shape index (κ1) is 18.3. The molecule has 2 N–H and O–H groups in total. The number of hydrogen-bond donors (Lipinski definition) is 2. The van der Waals surface area contributed by atoms with E-state index >= 15 is 0 Å². The number of alkyl halides is 2. The van der Waals surface area contributed by atoms with Crippen LogP contribution in [0, 0.1) is 0 Å². The molecule has 1 saturated heterocycles. The second kappa shape index (κ2) is 7.38. The van der Waals surface area contributed by atoms with Gasteiger partial charge in [-0.25, -0.2) is 4.79 Å². The van der Waals surface area contributed by atoms with Crippen LogP contribution >= 0.6 is 11.3 Å². The number of halogens is 2. The van der Waals surface area contributed by atoms with Gasteiger partial charge < -0.3 is 19.9 Å². The summed E-state index contributed by atoms with van der Waals surface area (Å²) in [5, 5.41) is 11.9. The lowest BCUT2D eigenvalue weighted by Gasteiger charge is -2.23. The van der Waals surface area contributed by atoms with Gasteiger partial charge in [0.2, 0.25) is 0 Å². The molecule has 2 aromatic rings. The van der Waals surface area contributed by atoms with Crippen molar-refractivity contribution in [1.29, 1.82) is 0 Å². The van der Waals surface area contributed by atoms with E-state index in [-0.39, 0.29) is 25.4 Å². The van der Waals surface area contributed by atoms with Gasteiger partial charge in [0.05, 0.1) is 11.5 Å². The molecule has 0 aliphatic carbocycles. The molecule has 1 aliphatic rings. The number of carboxylic acid groups (broad SMARTS) is 1. The zero-order chi connectivity index (χ0) is 18.7. The van der Waals surface area contributed by atoms with Gasteiger partial charge in [-0.1, -0.05) is 0 Å². The molecule has 26 heavy (non-hydrogen) atoms. The molecular formula is C17H15F2NO5S. The minimum atomic E-state index is -2.89. The Bertz CT molecular complexity index is 800. The average molecular weight is 383 g/mol. The van der Waals surface area contributed by atoms with Gasteiger partial charge in [-0.2, -0.15) is 8.78 Å². The van der Waals surface area contributed by atoms with Crippen molar-refractivity contribution in [3.05, 3.63) is 41.3 Å². The molecule has 6 nitrogen and oxygen atoms in total. The molecule has 9 heteroatoms. The highest BCUT2D eigenvalue weighted by molar-refractivity contribution is 7.17. The number of nitrogens with one attached hydrogen (secondary N) is 1. The smallest absolute Gasteiger partial charge is 0.387 e. The summed E-state index contributed by atoms with van der Waals surface area (Å²) in [6.45, 7) is -2.69. The summed E-state index contributed by atoms with van der Waals surface area (Å²) in [4.78, 5) is 25.0. The minimum Gasteiger partial charge on any atom is -0.479 e. The van der Waals surface area contributed by atoms with Crippen LogP contribution in [0.1, 0.15) is 16.1 Å². The highest BCUT2D eigenvalue weighted by atomic mass is 32.1. The van der Waals surface area contributed by atoms with Crippen LogP contribution in [-0.2, 0) is 9.53 Å². The van der Waals surface area contributed by atoms with Crippen LogP contribution in [-0.4, -0.2) is 42.3 Å². The Hall–Kier alpha value is -2.52. The normalized spacial score (nSPS) is 19.5. The number of amides is 1. The molecule has 2 heterocycles. The van der Waals surface area contributed by atoms with E-state index in [1.807, 2.05) is 0 Å². The Morgan fingerprint density at radius 1 is 1.23 bits per heavy atom. The number of carbonyl (C=O) groups excluding carboxylic acids is 1. The summed E-state index contributed by atoms with van der Waals surface area (Å²) in [5.74, 6) is -1.58. The summed E-state index contributed by atoms with van der Waals surface area (Å²) in [7, 11) is 0. The lowest BCUT2D eigenvalue weighted by molar-refractivity contribution is -0.144. The molecule has 1 aromatic carbocycles. The second-order valence-corrected chi connectivity index (χ2v) is 6.79. The van der Waals surface area contributed by atoms with Gasteiger partial charge >= 0.3 is 12.6 Å². The van der Waals surface area contributed by atoms with E-state index in [9.17, 15) is 23.5 Å².